The Kier molecular flexibility index (Phi) is 4.21. The van der Waals surface area contributed by atoms with Gasteiger partial charge in [0.15, 0.2) is 0 Å². The van der Waals surface area contributed by atoms with Crippen molar-refractivity contribution in [2.75, 3.05) is 31.5 Å². The number of carbonyl (C=O) groups excluding carboxylic acids is 2. The molecule has 2 N–H and O–H groups in total. The second-order valence-electron chi connectivity index (χ2n) is 8.73. The number of halogens is 1. The number of hydrogen-bond donors (Lipinski definition) is 2. The summed E-state index contributed by atoms with van der Waals surface area (Å²) in [6, 6.07) is 5.67. The van der Waals surface area contributed by atoms with Crippen LogP contribution in [0.4, 0.5) is 5.69 Å². The Bertz CT molecular complexity index is 782. The minimum Gasteiger partial charge on any atom is -0.342 e. The minimum atomic E-state index is -0.105. The number of likely N-dealkylation sites (tertiary alicyclic amines) is 1. The molecule has 1 aliphatic carbocycles. The van der Waals surface area contributed by atoms with Gasteiger partial charge in [0.1, 0.15) is 0 Å². The predicted octanol–water partition coefficient (Wildman–Crippen LogP) is 3.00. The normalized spacial score (nSPS) is 29.5. The molecule has 4 aliphatic rings. The van der Waals surface area contributed by atoms with Crippen molar-refractivity contribution in [2.45, 2.75) is 38.0 Å². The van der Waals surface area contributed by atoms with E-state index in [1.807, 2.05) is 18.2 Å². The molecule has 2 amide bonds. The monoisotopic (exact) mass is 387 g/mol. The molecule has 2 saturated heterocycles. The molecule has 5 rings (SSSR count). The highest BCUT2D eigenvalue weighted by Gasteiger charge is 2.58. The van der Waals surface area contributed by atoms with Crippen LogP contribution in [0.2, 0.25) is 5.02 Å². The first kappa shape index (κ1) is 17.5. The summed E-state index contributed by atoms with van der Waals surface area (Å²) in [5.74, 6) is 0.870. The van der Waals surface area contributed by atoms with Crippen molar-refractivity contribution in [1.29, 1.82) is 0 Å². The molecule has 3 heterocycles. The molecule has 0 bridgehead atoms. The van der Waals surface area contributed by atoms with Gasteiger partial charge in [-0.05, 0) is 74.2 Å². The Balaban J connectivity index is 1.22. The van der Waals surface area contributed by atoms with Gasteiger partial charge < -0.3 is 15.5 Å². The Labute approximate surface area is 164 Å². The molecule has 27 heavy (non-hydrogen) atoms. The number of benzene rings is 1. The van der Waals surface area contributed by atoms with E-state index in [0.29, 0.717) is 22.3 Å². The van der Waals surface area contributed by atoms with Crippen LogP contribution in [0.5, 0.6) is 0 Å². The third kappa shape index (κ3) is 2.95. The first-order chi connectivity index (χ1) is 13.1. The maximum atomic E-state index is 13.0. The number of nitrogens with one attached hydrogen (secondary N) is 2. The average Bonchev–Trinajstić information content (AvgIpc) is 3.25. The summed E-state index contributed by atoms with van der Waals surface area (Å²) < 4.78 is 0. The molecule has 3 aliphatic heterocycles. The molecule has 144 valence electrons. The molecule has 5 nitrogen and oxygen atoms in total. The number of piperidine rings is 2. The van der Waals surface area contributed by atoms with Crippen molar-refractivity contribution < 1.29 is 9.59 Å². The number of anilines is 1. The van der Waals surface area contributed by atoms with Crippen LogP contribution in [-0.4, -0.2) is 42.9 Å². The smallest absolute Gasteiger partial charge is 0.232 e. The van der Waals surface area contributed by atoms with Gasteiger partial charge in [-0.3, -0.25) is 9.59 Å². The highest BCUT2D eigenvalue weighted by molar-refractivity contribution is 6.31. The zero-order valence-corrected chi connectivity index (χ0v) is 16.2. The first-order valence-corrected chi connectivity index (χ1v) is 10.5. The zero-order chi connectivity index (χ0) is 18.6. The summed E-state index contributed by atoms with van der Waals surface area (Å²) in [6.07, 6.45) is 5.15. The highest BCUT2D eigenvalue weighted by atomic mass is 35.5. The van der Waals surface area contributed by atoms with Gasteiger partial charge in [0.25, 0.3) is 0 Å². The summed E-state index contributed by atoms with van der Waals surface area (Å²) in [5.41, 5.74) is 2.20. The van der Waals surface area contributed by atoms with E-state index in [1.54, 1.807) is 0 Å². The molecule has 2 atom stereocenters. The van der Waals surface area contributed by atoms with Crippen LogP contribution in [0.15, 0.2) is 18.2 Å². The van der Waals surface area contributed by atoms with Gasteiger partial charge in [-0.25, -0.2) is 0 Å². The van der Waals surface area contributed by atoms with Gasteiger partial charge in [-0.15, -0.1) is 0 Å². The maximum Gasteiger partial charge on any atom is 0.232 e. The average molecular weight is 388 g/mol. The third-order valence-electron chi connectivity index (χ3n) is 7.30. The van der Waals surface area contributed by atoms with Crippen molar-refractivity contribution in [3.05, 3.63) is 28.8 Å². The fraction of sp³-hybridized carbons (Fsp3) is 0.619. The van der Waals surface area contributed by atoms with Crippen LogP contribution in [0.25, 0.3) is 0 Å². The molecular formula is C21H26ClN3O2. The lowest BCUT2D eigenvalue weighted by atomic mass is 9.80. The molecule has 6 heteroatoms. The summed E-state index contributed by atoms with van der Waals surface area (Å²) >= 11 is 6.06. The number of fused-ring (bicyclic) bond motifs is 1. The number of nitrogens with zero attached hydrogens (tertiary/aromatic N) is 1. The predicted molar refractivity (Wildman–Crippen MR) is 105 cm³/mol. The van der Waals surface area contributed by atoms with Crippen molar-refractivity contribution in [3.8, 4) is 0 Å². The van der Waals surface area contributed by atoms with Gasteiger partial charge >= 0.3 is 0 Å². The number of carbonyl (C=O) groups is 2. The summed E-state index contributed by atoms with van der Waals surface area (Å²) in [5, 5.41) is 7.02. The molecule has 0 radical (unpaired) electrons. The largest absolute Gasteiger partial charge is 0.342 e. The van der Waals surface area contributed by atoms with E-state index < -0.39 is 0 Å². The molecule has 1 spiro atoms. The SMILES string of the molecule is O=C1Nc2cc(Cl)ccc2C1C1CCN(C(=O)C2CC23CCNCC3)CC1. The molecule has 0 aromatic heterocycles. The molecular weight excluding hydrogens is 362 g/mol. The van der Waals surface area contributed by atoms with E-state index in [4.69, 9.17) is 11.6 Å². The molecule has 1 aromatic carbocycles. The Morgan fingerprint density at radius 2 is 1.93 bits per heavy atom. The van der Waals surface area contributed by atoms with Crippen molar-refractivity contribution in [1.82, 2.24) is 10.2 Å². The lowest BCUT2D eigenvalue weighted by Crippen LogP contribution is -2.42. The number of hydrogen-bond acceptors (Lipinski definition) is 3. The molecule has 3 fully saturated rings. The third-order valence-corrected chi connectivity index (χ3v) is 7.54. The van der Waals surface area contributed by atoms with Gasteiger partial charge in [-0.1, -0.05) is 17.7 Å². The van der Waals surface area contributed by atoms with E-state index in [0.717, 1.165) is 69.5 Å². The molecule has 2 unspecified atom stereocenters. The minimum absolute atomic E-state index is 0.0768. The summed E-state index contributed by atoms with van der Waals surface area (Å²) in [4.78, 5) is 27.6. The number of amides is 2. The van der Waals surface area contributed by atoms with Crippen LogP contribution in [0.3, 0.4) is 0 Å². The molecule has 1 aromatic rings. The number of rotatable bonds is 2. The van der Waals surface area contributed by atoms with Gasteiger partial charge in [-0.2, -0.15) is 0 Å². The topological polar surface area (TPSA) is 61.4 Å². The summed E-state index contributed by atoms with van der Waals surface area (Å²) in [6.45, 7) is 3.65. The molecule has 1 saturated carbocycles. The van der Waals surface area contributed by atoms with Crippen molar-refractivity contribution in [2.24, 2.45) is 17.3 Å². The van der Waals surface area contributed by atoms with E-state index in [-0.39, 0.29) is 17.7 Å². The Hall–Kier alpha value is -1.59. The second kappa shape index (κ2) is 6.49. The fourth-order valence-electron chi connectivity index (χ4n) is 5.58. The van der Waals surface area contributed by atoms with E-state index in [9.17, 15) is 9.59 Å². The Morgan fingerprint density at radius 1 is 1.19 bits per heavy atom. The summed E-state index contributed by atoms with van der Waals surface area (Å²) in [7, 11) is 0. The van der Waals surface area contributed by atoms with Crippen LogP contribution in [0.1, 0.15) is 43.6 Å². The first-order valence-electron chi connectivity index (χ1n) is 10.2. The van der Waals surface area contributed by atoms with Gasteiger partial charge in [0, 0.05) is 29.7 Å². The Morgan fingerprint density at radius 3 is 2.67 bits per heavy atom. The van der Waals surface area contributed by atoms with Crippen LogP contribution < -0.4 is 10.6 Å². The fourth-order valence-corrected chi connectivity index (χ4v) is 5.75. The lowest BCUT2D eigenvalue weighted by molar-refractivity contribution is -0.135. The standard InChI is InChI=1S/C21H26ClN3O2/c22-14-1-2-15-17(11-14)24-19(26)18(15)13-3-9-25(10-4-13)20(27)16-12-21(16)5-7-23-8-6-21/h1-2,11,13,16,18,23H,3-10,12H2,(H,24,26). The van der Waals surface area contributed by atoms with Crippen molar-refractivity contribution in [3.63, 3.8) is 0 Å². The van der Waals surface area contributed by atoms with Crippen LogP contribution >= 0.6 is 11.6 Å². The lowest BCUT2D eigenvalue weighted by Gasteiger charge is -2.35. The quantitative estimate of drug-likeness (QED) is 0.820. The van der Waals surface area contributed by atoms with E-state index in [2.05, 4.69) is 15.5 Å². The van der Waals surface area contributed by atoms with Crippen molar-refractivity contribution >= 4 is 29.1 Å². The van der Waals surface area contributed by atoms with E-state index in [1.165, 1.54) is 0 Å². The van der Waals surface area contributed by atoms with Gasteiger partial charge in [0.05, 0.1) is 5.92 Å². The zero-order valence-electron chi connectivity index (χ0n) is 15.5. The van der Waals surface area contributed by atoms with E-state index >= 15 is 0 Å². The van der Waals surface area contributed by atoms with Gasteiger partial charge in [0.2, 0.25) is 11.8 Å². The van der Waals surface area contributed by atoms with Crippen LogP contribution in [0, 0.1) is 17.3 Å². The highest BCUT2D eigenvalue weighted by Crippen LogP contribution is 2.59. The second-order valence-corrected chi connectivity index (χ2v) is 9.17. The maximum absolute atomic E-state index is 13.0. The van der Waals surface area contributed by atoms with Crippen LogP contribution in [-0.2, 0) is 9.59 Å².